The molecule has 0 spiro atoms. The van der Waals surface area contributed by atoms with Gasteiger partial charge in [0.25, 0.3) is 0 Å². The quantitative estimate of drug-likeness (QED) is 0.432. The van der Waals surface area contributed by atoms with Crippen molar-refractivity contribution in [3.63, 3.8) is 0 Å². The van der Waals surface area contributed by atoms with E-state index in [1.54, 1.807) is 0 Å². The molecule has 0 aromatic heterocycles. The molecule has 0 aliphatic rings. The first-order valence-corrected chi connectivity index (χ1v) is 1.36. The van der Waals surface area contributed by atoms with Gasteiger partial charge in [0.05, 0.1) is 0 Å². The van der Waals surface area contributed by atoms with Crippen LogP contribution in [0.3, 0.4) is 0 Å². The van der Waals surface area contributed by atoms with E-state index in [1.165, 1.54) is 7.05 Å². The minimum Gasteiger partial charge on any atom is -0.794 e. The molecule has 0 heterocycles. The molecule has 0 amide bonds. The molecule has 0 bridgehead atoms. The predicted molar refractivity (Wildman–Crippen MR) is 30.5 cm³/mol. The van der Waals surface area contributed by atoms with Crippen molar-refractivity contribution in [1.29, 1.82) is 0 Å². The van der Waals surface area contributed by atoms with E-state index in [1.807, 2.05) is 0 Å². The molecule has 0 rings (SSSR count). The fourth-order valence-corrected chi connectivity index (χ4v) is 0. The smallest absolute Gasteiger partial charge is 0.794 e. The van der Waals surface area contributed by atoms with Crippen LogP contribution in [0.2, 0.25) is 0 Å². The molecular weight excluding hydrogens is 373 g/mol. The topological polar surface area (TPSA) is 84.2 Å². The summed E-state index contributed by atoms with van der Waals surface area (Å²) < 4.78 is 0. The van der Waals surface area contributed by atoms with E-state index in [9.17, 15) is 0 Å². The molecule has 60 valence electrons. The maximum atomic E-state index is 8.12. The summed E-state index contributed by atoms with van der Waals surface area (Å²) in [5.41, 5.74) is 5.75. The first-order valence-electron chi connectivity index (χ1n) is 1.36. The zero-order valence-electron chi connectivity index (χ0n) is 7.42. The van der Waals surface area contributed by atoms with Gasteiger partial charge in [0.1, 0.15) is 0 Å². The van der Waals surface area contributed by atoms with Gasteiger partial charge in [-0.25, -0.2) is 0 Å². The van der Waals surface area contributed by atoms with Gasteiger partial charge >= 0.3 is 58.2 Å². The third-order valence-electron chi connectivity index (χ3n) is 0. The normalized spacial score (nSPS) is 2.18. The van der Waals surface area contributed by atoms with Crippen LogP contribution in [-0.4, -0.2) is 25.7 Å². The molecule has 2 N–H and O–H groups in total. The van der Waals surface area contributed by atoms with Gasteiger partial charge in [0, 0.05) is 72.5 Å². The maximum absolute atomic E-state index is 8.12. The summed E-state index contributed by atoms with van der Waals surface area (Å²) in [4.78, 5) is 8.12. The summed E-state index contributed by atoms with van der Waals surface area (Å²) in [5, 5.41) is 15.1. The van der Waals surface area contributed by atoms with Crippen LogP contribution in [0.5, 0.6) is 0 Å². The van der Waals surface area contributed by atoms with Crippen molar-refractivity contribution in [2.75, 3.05) is 14.2 Å². The monoisotopic (exact) mass is 384 g/mol. The van der Waals surface area contributed by atoms with Gasteiger partial charge in [0.15, 0.2) is 0 Å². The average Bonchev–Trinajstić information content (AvgIpc) is 1.78. The Hall–Kier alpha value is 3.40. The number of nitrogens with one attached hydrogen (secondary N) is 1. The second kappa shape index (κ2) is 106. The Morgan fingerprint density at radius 2 is 1.27 bits per heavy atom. The van der Waals surface area contributed by atoms with Crippen LogP contribution >= 0.6 is 0 Å². The second-order valence-corrected chi connectivity index (χ2v) is 0.0833. The van der Waals surface area contributed by atoms with Crippen molar-refractivity contribution in [2.45, 2.75) is 0 Å². The summed E-state index contributed by atoms with van der Waals surface area (Å²) in [7, 11) is 2.25. The molecule has 4 nitrogen and oxygen atoms in total. The number of rotatable bonds is 0. The van der Waals surface area contributed by atoms with Crippen LogP contribution in [0, 0.1) is 7.43 Å². The summed E-state index contributed by atoms with van der Waals surface area (Å²) in [6, 6.07) is 0. The van der Waals surface area contributed by atoms with E-state index >= 15 is 0 Å². The largest absolute Gasteiger partial charge is 1.00 e. The molecule has 7 heteroatoms. The summed E-state index contributed by atoms with van der Waals surface area (Å²) in [6.07, 6.45) is 0. The molecule has 11 heavy (non-hydrogen) atoms. The third-order valence-corrected chi connectivity index (χ3v) is 0. The Morgan fingerprint density at radius 3 is 1.27 bits per heavy atom. The Bertz CT molecular complexity index is 30.8. The van der Waals surface area contributed by atoms with Gasteiger partial charge in [-0.15, -0.1) is 0 Å². The summed E-state index contributed by atoms with van der Waals surface area (Å²) in [6.45, 7) is 0.250. The van der Waals surface area contributed by atoms with E-state index < -0.39 is 0 Å². The van der Waals surface area contributed by atoms with E-state index in [0.717, 1.165) is 7.11 Å². The third kappa shape index (κ3) is 150. The Balaban J connectivity index is -0.00000000378. The van der Waals surface area contributed by atoms with Crippen molar-refractivity contribution in [3.05, 3.63) is 13.2 Å². The number of aliphatic hydroxyl groups is 1. The Morgan fingerprint density at radius 1 is 1.27 bits per heavy atom. The van der Waals surface area contributed by atoms with Crippen molar-refractivity contribution >= 4 is 6.47 Å². The Kier molecular flexibility index (Phi) is 456. The second-order valence-electron chi connectivity index (χ2n) is 0.0833. The Labute approximate surface area is 168 Å². The van der Waals surface area contributed by atoms with Gasteiger partial charge in [-0.3, -0.25) is 0 Å². The molecule has 0 unspecified atom stereocenters. The van der Waals surface area contributed by atoms with Crippen LogP contribution in [0.15, 0.2) is 0 Å². The molecule has 0 atom stereocenters. The number of carbonyl (C=O) groups excluding carboxylic acids is 1. The minimum absolute atomic E-state index is 0. The molecule has 2 radical (unpaired) electrons. The molecule has 0 saturated heterocycles. The molecule has 0 fully saturated rings. The SMILES string of the molecule is CO.C[NH-].O=[C-][O-].[CH3-].[Rb+].[Y].[Y]. The number of hydrogen-bond acceptors (Lipinski definition) is 3. The predicted octanol–water partition coefficient (Wildman–Crippen LogP) is -4.00. The van der Waals surface area contributed by atoms with Gasteiger partial charge < -0.3 is 34.6 Å². The van der Waals surface area contributed by atoms with Crippen molar-refractivity contribution in [2.24, 2.45) is 0 Å². The van der Waals surface area contributed by atoms with Gasteiger partial charge in [-0.05, 0) is 0 Å². The summed E-state index contributed by atoms with van der Waals surface area (Å²) in [5.74, 6) is 0. The van der Waals surface area contributed by atoms with Gasteiger partial charge in [-0.1, -0.05) is 0 Å². The van der Waals surface area contributed by atoms with Gasteiger partial charge in [-0.2, -0.15) is 7.05 Å². The number of aliphatic hydroxyl groups excluding tert-OH is 1. The first-order chi connectivity index (χ1) is 3.41. The number of hydrogen-bond donors (Lipinski definition) is 1. The first kappa shape index (κ1) is 47.2. The average molecular weight is 384 g/mol. The fraction of sp³-hybridized carbons (Fsp3) is 0.500. The summed E-state index contributed by atoms with van der Waals surface area (Å²) >= 11 is 0. The van der Waals surface area contributed by atoms with Crippen molar-refractivity contribution in [3.8, 4) is 0 Å². The van der Waals surface area contributed by atoms with Crippen LogP contribution in [0.25, 0.3) is 5.73 Å². The van der Waals surface area contributed by atoms with Crippen LogP contribution in [0.1, 0.15) is 0 Å². The van der Waals surface area contributed by atoms with Gasteiger partial charge in [0.2, 0.25) is 0 Å². The van der Waals surface area contributed by atoms with Crippen LogP contribution in [0.4, 0.5) is 0 Å². The van der Waals surface area contributed by atoms with E-state index in [0.29, 0.717) is 0 Å². The minimum atomic E-state index is 0. The standard InChI is InChI=1S/CH4N.CO2.CH4O.CH3.Rb.2Y/c1-2;2-1-3;1-2;;;;/h2H,1H3;;2H,1H3;1H3;;;/q-1;-2;;-1;+1;;. The van der Waals surface area contributed by atoms with Crippen molar-refractivity contribution < 1.29 is 139 Å². The van der Waals surface area contributed by atoms with Crippen LogP contribution in [-0.2, 0) is 70.2 Å². The fourth-order valence-electron chi connectivity index (χ4n) is 0. The maximum Gasteiger partial charge on any atom is 1.00 e. The molecule has 0 aliphatic carbocycles. The zero-order chi connectivity index (χ0) is 6.71. The molecular formula is C4H11NO3RbY2-3. The van der Waals surface area contributed by atoms with Crippen LogP contribution < -0.4 is 63.3 Å². The molecule has 0 aromatic rings. The molecule has 0 aromatic carbocycles. The van der Waals surface area contributed by atoms with E-state index in [-0.39, 0.29) is 138 Å². The van der Waals surface area contributed by atoms with E-state index in [4.69, 9.17) is 20.7 Å². The molecule has 0 aliphatic heterocycles. The van der Waals surface area contributed by atoms with Crippen molar-refractivity contribution in [1.82, 2.24) is 0 Å². The van der Waals surface area contributed by atoms with E-state index in [2.05, 4.69) is 0 Å². The molecule has 0 saturated carbocycles. The zero-order valence-corrected chi connectivity index (χ0v) is 18.0.